The standard InChI is InChI=1S/C17H15ClFN3O4S/c1-17(23)10-22(27(24,25)16-5-3-12(18)8-21-16)9-15(17)26-13-4-2-11(7-20)14(19)6-13/h2-6,8,15,23H,9-10H2,1H3/t15-,17+/m0/s1. The third-order valence-electron chi connectivity index (χ3n) is 4.20. The van der Waals surface area contributed by atoms with Crippen molar-refractivity contribution in [2.75, 3.05) is 13.1 Å². The molecule has 2 atom stereocenters. The van der Waals surface area contributed by atoms with Gasteiger partial charge in [-0.05, 0) is 31.2 Å². The number of benzene rings is 1. The van der Waals surface area contributed by atoms with Gasteiger partial charge in [-0.2, -0.15) is 9.57 Å². The Morgan fingerprint density at radius 3 is 2.78 bits per heavy atom. The number of aliphatic hydroxyl groups is 1. The Labute approximate surface area is 160 Å². The molecule has 1 N–H and O–H groups in total. The molecule has 0 radical (unpaired) electrons. The first kappa shape index (κ1) is 19.5. The second kappa shape index (κ2) is 7.05. The number of rotatable bonds is 4. The van der Waals surface area contributed by atoms with Crippen molar-refractivity contribution < 1.29 is 22.7 Å². The number of nitriles is 1. The molecule has 3 rings (SSSR count). The van der Waals surface area contributed by atoms with Crippen LogP contribution in [0.2, 0.25) is 5.02 Å². The van der Waals surface area contributed by atoms with Gasteiger partial charge >= 0.3 is 0 Å². The highest BCUT2D eigenvalue weighted by Crippen LogP contribution is 2.30. The first-order valence-corrected chi connectivity index (χ1v) is 9.66. The van der Waals surface area contributed by atoms with E-state index in [1.54, 1.807) is 6.07 Å². The van der Waals surface area contributed by atoms with Crippen molar-refractivity contribution in [1.29, 1.82) is 5.26 Å². The molecule has 1 saturated heterocycles. The Morgan fingerprint density at radius 2 is 2.19 bits per heavy atom. The summed E-state index contributed by atoms with van der Waals surface area (Å²) >= 11 is 5.73. The molecule has 1 aliphatic rings. The van der Waals surface area contributed by atoms with E-state index in [2.05, 4.69) is 4.98 Å². The molecule has 142 valence electrons. The van der Waals surface area contributed by atoms with Crippen LogP contribution in [0.4, 0.5) is 4.39 Å². The number of halogens is 2. The van der Waals surface area contributed by atoms with Crippen LogP contribution in [0, 0.1) is 17.1 Å². The van der Waals surface area contributed by atoms with E-state index >= 15 is 0 Å². The molecule has 0 amide bonds. The molecule has 2 heterocycles. The molecule has 27 heavy (non-hydrogen) atoms. The Bertz CT molecular complexity index is 1010. The summed E-state index contributed by atoms with van der Waals surface area (Å²) in [4.78, 5) is 3.82. The van der Waals surface area contributed by atoms with Gasteiger partial charge in [0, 0.05) is 18.8 Å². The van der Waals surface area contributed by atoms with Crippen molar-refractivity contribution in [2.45, 2.75) is 23.7 Å². The van der Waals surface area contributed by atoms with Crippen molar-refractivity contribution in [3.8, 4) is 11.8 Å². The third kappa shape index (κ3) is 3.89. The smallest absolute Gasteiger partial charge is 0.260 e. The summed E-state index contributed by atoms with van der Waals surface area (Å²) in [5.74, 6) is -0.678. The molecule has 0 spiro atoms. The van der Waals surface area contributed by atoms with Crippen molar-refractivity contribution in [1.82, 2.24) is 9.29 Å². The maximum atomic E-state index is 13.7. The molecule has 1 aliphatic heterocycles. The minimum Gasteiger partial charge on any atom is -0.486 e. The largest absolute Gasteiger partial charge is 0.486 e. The summed E-state index contributed by atoms with van der Waals surface area (Å²) < 4.78 is 45.9. The van der Waals surface area contributed by atoms with Gasteiger partial charge in [0.2, 0.25) is 0 Å². The number of aromatic nitrogens is 1. The van der Waals surface area contributed by atoms with Gasteiger partial charge in [-0.3, -0.25) is 0 Å². The summed E-state index contributed by atoms with van der Waals surface area (Å²) in [6, 6.07) is 8.03. The molecule has 0 aliphatic carbocycles. The predicted molar refractivity (Wildman–Crippen MR) is 94.2 cm³/mol. The fraction of sp³-hybridized carbons (Fsp3) is 0.294. The van der Waals surface area contributed by atoms with E-state index in [9.17, 15) is 17.9 Å². The molecule has 1 aromatic carbocycles. The van der Waals surface area contributed by atoms with Crippen LogP contribution in [0.3, 0.4) is 0 Å². The summed E-state index contributed by atoms with van der Waals surface area (Å²) in [6.07, 6.45) is 0.280. The van der Waals surface area contributed by atoms with Crippen molar-refractivity contribution in [3.63, 3.8) is 0 Å². The molecular weight excluding hydrogens is 397 g/mol. The van der Waals surface area contributed by atoms with Crippen LogP contribution in [-0.2, 0) is 10.0 Å². The maximum Gasteiger partial charge on any atom is 0.260 e. The Morgan fingerprint density at radius 1 is 1.44 bits per heavy atom. The molecule has 0 bridgehead atoms. The molecule has 0 unspecified atom stereocenters. The fourth-order valence-corrected chi connectivity index (χ4v) is 4.29. The van der Waals surface area contributed by atoms with Crippen LogP contribution in [0.25, 0.3) is 0 Å². The average Bonchev–Trinajstić information content (AvgIpc) is 2.91. The van der Waals surface area contributed by atoms with Crippen LogP contribution in [0.15, 0.2) is 41.6 Å². The topological polar surface area (TPSA) is 104 Å². The first-order chi connectivity index (χ1) is 12.6. The van der Waals surface area contributed by atoms with E-state index in [-0.39, 0.29) is 29.4 Å². The number of ether oxygens (including phenoxy) is 1. The summed E-state index contributed by atoms with van der Waals surface area (Å²) in [7, 11) is -3.96. The van der Waals surface area contributed by atoms with Crippen molar-refractivity contribution in [3.05, 3.63) is 52.9 Å². The van der Waals surface area contributed by atoms with Crippen molar-refractivity contribution >= 4 is 21.6 Å². The monoisotopic (exact) mass is 411 g/mol. The summed E-state index contributed by atoms with van der Waals surface area (Å²) in [6.45, 7) is 1.06. The molecule has 1 fully saturated rings. The van der Waals surface area contributed by atoms with Gasteiger partial charge in [0.15, 0.2) is 5.03 Å². The zero-order valence-electron chi connectivity index (χ0n) is 14.1. The fourth-order valence-electron chi connectivity index (χ4n) is 2.72. The van der Waals surface area contributed by atoms with Gasteiger partial charge in [-0.15, -0.1) is 0 Å². The minimum absolute atomic E-state index is 0.0839. The predicted octanol–water partition coefficient (Wildman–Crippen LogP) is 1.95. The van der Waals surface area contributed by atoms with Crippen LogP contribution in [0.5, 0.6) is 5.75 Å². The number of β-amino-alcohol motifs (C(OH)–C–C–N with tert-alkyl or cyclic N) is 1. The highest BCUT2D eigenvalue weighted by atomic mass is 35.5. The molecule has 7 nitrogen and oxygen atoms in total. The average molecular weight is 412 g/mol. The lowest BCUT2D eigenvalue weighted by molar-refractivity contribution is -0.0123. The number of hydrogen-bond acceptors (Lipinski definition) is 6. The van der Waals surface area contributed by atoms with Crippen LogP contribution in [-0.4, -0.2) is 47.6 Å². The quantitative estimate of drug-likeness (QED) is 0.824. The Balaban J connectivity index is 1.82. The minimum atomic E-state index is -3.96. The zero-order chi connectivity index (χ0) is 19.8. The summed E-state index contributed by atoms with van der Waals surface area (Å²) in [5.41, 5.74) is -1.65. The highest BCUT2D eigenvalue weighted by Gasteiger charge is 2.48. The molecule has 2 aromatic rings. The van der Waals surface area contributed by atoms with E-state index in [0.29, 0.717) is 5.02 Å². The van der Waals surface area contributed by atoms with E-state index in [1.807, 2.05) is 0 Å². The number of sulfonamides is 1. The molecular formula is C17H15ClFN3O4S. The lowest BCUT2D eigenvalue weighted by atomic mass is 10.0. The molecule has 0 saturated carbocycles. The third-order valence-corrected chi connectivity index (χ3v) is 6.16. The molecule has 1 aromatic heterocycles. The number of pyridine rings is 1. The van der Waals surface area contributed by atoms with Crippen LogP contribution in [0.1, 0.15) is 12.5 Å². The first-order valence-electron chi connectivity index (χ1n) is 7.84. The maximum absolute atomic E-state index is 13.7. The SMILES string of the molecule is C[C@@]1(O)CN(S(=O)(=O)c2ccc(Cl)cn2)C[C@@H]1Oc1ccc(C#N)c(F)c1. The van der Waals surface area contributed by atoms with E-state index < -0.39 is 27.5 Å². The highest BCUT2D eigenvalue weighted by molar-refractivity contribution is 7.89. The second-order valence-corrected chi connectivity index (χ2v) is 8.65. The van der Waals surface area contributed by atoms with Gasteiger partial charge in [0.1, 0.15) is 29.3 Å². The van der Waals surface area contributed by atoms with E-state index in [1.165, 1.54) is 37.4 Å². The Hall–Kier alpha value is -2.25. The van der Waals surface area contributed by atoms with Gasteiger partial charge in [0.05, 0.1) is 17.1 Å². The summed E-state index contributed by atoms with van der Waals surface area (Å²) in [5, 5.41) is 19.5. The lowest BCUT2D eigenvalue weighted by Gasteiger charge is -2.24. The van der Waals surface area contributed by atoms with Gasteiger partial charge in [0.25, 0.3) is 10.0 Å². The lowest BCUT2D eigenvalue weighted by Crippen LogP contribution is -2.42. The zero-order valence-corrected chi connectivity index (χ0v) is 15.7. The second-order valence-electron chi connectivity index (χ2n) is 6.33. The van der Waals surface area contributed by atoms with Crippen LogP contribution >= 0.6 is 11.6 Å². The van der Waals surface area contributed by atoms with Gasteiger partial charge in [-0.25, -0.2) is 17.8 Å². The Kier molecular flexibility index (Phi) is 5.10. The van der Waals surface area contributed by atoms with E-state index in [4.69, 9.17) is 21.6 Å². The van der Waals surface area contributed by atoms with Gasteiger partial charge in [-0.1, -0.05) is 11.6 Å². The van der Waals surface area contributed by atoms with Gasteiger partial charge < -0.3 is 9.84 Å². The van der Waals surface area contributed by atoms with Crippen LogP contribution < -0.4 is 4.74 Å². The molecule has 10 heteroatoms. The number of hydrogen-bond donors (Lipinski definition) is 1. The number of nitrogens with zero attached hydrogens (tertiary/aromatic N) is 3. The van der Waals surface area contributed by atoms with E-state index in [0.717, 1.165) is 10.4 Å². The normalized spacial score (nSPS) is 23.1. The van der Waals surface area contributed by atoms with Crippen molar-refractivity contribution in [2.24, 2.45) is 0 Å².